The van der Waals surface area contributed by atoms with Crippen LogP contribution in [-0.4, -0.2) is 133 Å². The third-order valence-electron chi connectivity index (χ3n) is 22.1. The number of anilines is 5. The van der Waals surface area contributed by atoms with Gasteiger partial charge in [0, 0.05) is 147 Å². The zero-order valence-electron chi connectivity index (χ0n) is 58.5. The number of aromatic nitrogens is 12. The van der Waals surface area contributed by atoms with Crippen LogP contribution in [0, 0.1) is 43.0 Å². The van der Waals surface area contributed by atoms with E-state index in [2.05, 4.69) is 58.4 Å². The molecular formula is C71H93Cl4FN20O2S2. The second-order valence-electron chi connectivity index (χ2n) is 30.0. The summed E-state index contributed by atoms with van der Waals surface area (Å²) in [5.41, 5.74) is 28.5. The second kappa shape index (κ2) is 29.0. The topological polar surface area (TPSA) is 275 Å². The summed E-state index contributed by atoms with van der Waals surface area (Å²) < 4.78 is 52.2. The number of pyridine rings is 3. The zero-order chi connectivity index (χ0) is 70.1. The van der Waals surface area contributed by atoms with E-state index in [4.69, 9.17) is 67.0 Å². The van der Waals surface area contributed by atoms with Crippen LogP contribution in [0.1, 0.15) is 155 Å². The minimum atomic E-state index is -1.07. The van der Waals surface area contributed by atoms with Gasteiger partial charge in [0.15, 0.2) is 0 Å². The number of aryl methyl sites for hydroxylation is 3. The Morgan fingerprint density at radius 1 is 0.480 bits per heavy atom. The number of nitrogens with one attached hydrogen (secondary N) is 2. The summed E-state index contributed by atoms with van der Waals surface area (Å²) in [5, 5.41) is 0.829. The normalized spacial score (nSPS) is 21.0. The highest BCUT2D eigenvalue weighted by atomic mass is 35.5. The molecule has 8 N–H and O–H groups in total. The molecule has 536 valence electrons. The average molecular weight is 1480 g/mol. The van der Waals surface area contributed by atoms with Crippen molar-refractivity contribution in [2.75, 3.05) is 65.4 Å². The molecule has 9 aromatic heterocycles. The maximum Gasteiger partial charge on any atom is 0.232 e. The van der Waals surface area contributed by atoms with Crippen molar-refractivity contribution < 1.29 is 12.8 Å². The van der Waals surface area contributed by atoms with Crippen LogP contribution in [0.2, 0.25) is 15.1 Å². The summed E-state index contributed by atoms with van der Waals surface area (Å²) in [5.74, 6) is 2.56. The van der Waals surface area contributed by atoms with Crippen molar-refractivity contribution in [3.05, 3.63) is 112 Å². The lowest BCUT2D eigenvalue weighted by molar-refractivity contribution is 0.187. The Morgan fingerprint density at radius 3 is 1.14 bits per heavy atom. The molecule has 15 rings (SSSR count). The quantitative estimate of drug-likeness (QED) is 0.0796. The van der Waals surface area contributed by atoms with E-state index >= 15 is 0 Å². The molecule has 3 spiro atoms. The van der Waals surface area contributed by atoms with Crippen LogP contribution >= 0.6 is 47.2 Å². The Labute approximate surface area is 611 Å². The van der Waals surface area contributed by atoms with E-state index in [1.807, 2.05) is 102 Å². The predicted octanol–water partition coefficient (Wildman–Crippen LogP) is 13.5. The summed E-state index contributed by atoms with van der Waals surface area (Å²) in [7, 11) is -2.12. The second-order valence-corrected chi connectivity index (χ2v) is 35.1. The highest BCUT2D eigenvalue weighted by Gasteiger charge is 2.49. The number of nitrogens with zero attached hydrogens (tertiary/aromatic N) is 15. The number of hydrogen-bond acceptors (Lipinski definition) is 17. The molecule has 6 aliphatic rings. The van der Waals surface area contributed by atoms with Gasteiger partial charge in [0.25, 0.3) is 0 Å². The Morgan fingerprint density at radius 2 is 0.800 bits per heavy atom. The van der Waals surface area contributed by atoms with Crippen molar-refractivity contribution in [3.63, 3.8) is 0 Å². The molecule has 9 aromatic rings. The molecule has 22 nitrogen and oxygen atoms in total. The van der Waals surface area contributed by atoms with Crippen LogP contribution in [0.3, 0.4) is 0 Å². The Kier molecular flexibility index (Phi) is 21.3. The molecule has 0 amide bonds. The minimum absolute atomic E-state index is 0. The number of rotatable bonds is 10. The van der Waals surface area contributed by atoms with Gasteiger partial charge in [0.05, 0.1) is 58.6 Å². The Balaban J connectivity index is 0.000000142. The first-order valence-corrected chi connectivity index (χ1v) is 38.1. The van der Waals surface area contributed by atoms with Crippen LogP contribution < -0.4 is 41.3 Å². The number of fused-ring (bicyclic) bond motifs is 3. The first kappa shape index (κ1) is 73.3. The van der Waals surface area contributed by atoms with Gasteiger partial charge in [0.2, 0.25) is 23.8 Å². The van der Waals surface area contributed by atoms with Gasteiger partial charge >= 0.3 is 0 Å². The lowest BCUT2D eigenvalue weighted by atomic mass is 9.74. The fourth-order valence-corrected chi connectivity index (χ4v) is 19.0. The Hall–Kier alpha value is -6.42. The fourth-order valence-electron chi connectivity index (χ4n) is 16.4. The number of hydrogen-bond donors (Lipinski definition) is 5. The number of halogens is 5. The first-order valence-electron chi connectivity index (χ1n) is 34.7. The molecule has 6 fully saturated rings. The molecule has 29 heteroatoms. The van der Waals surface area contributed by atoms with E-state index in [0.717, 1.165) is 172 Å². The molecule has 3 saturated heterocycles. The molecule has 3 saturated carbocycles. The van der Waals surface area contributed by atoms with Crippen molar-refractivity contribution in [3.8, 4) is 33.4 Å². The third kappa shape index (κ3) is 13.9. The average Bonchev–Trinajstić information content (AvgIpc) is 1.38. The van der Waals surface area contributed by atoms with E-state index in [1.165, 1.54) is 38.3 Å². The minimum Gasteiger partial charge on any atom is -0.382 e. The van der Waals surface area contributed by atoms with Crippen LogP contribution in [0.4, 0.5) is 33.9 Å². The first-order chi connectivity index (χ1) is 47.2. The van der Waals surface area contributed by atoms with Crippen molar-refractivity contribution in [2.24, 2.45) is 22.0 Å². The fraction of sp³-hybridized carbons (Fsp3) is 0.535. The predicted molar refractivity (Wildman–Crippen MR) is 405 cm³/mol. The maximum absolute atomic E-state index is 14.1. The molecule has 0 radical (unpaired) electrons. The summed E-state index contributed by atoms with van der Waals surface area (Å²) in [4.78, 5) is 47.6. The van der Waals surface area contributed by atoms with E-state index in [0.29, 0.717) is 56.0 Å². The van der Waals surface area contributed by atoms with Gasteiger partial charge in [-0.1, -0.05) is 54.1 Å². The van der Waals surface area contributed by atoms with E-state index in [-0.39, 0.29) is 43.8 Å². The standard InChI is InChI=1S/C25H32ClFN6OS.C25H34ClN7OS.C21H26ClN7.ClH/c2*1-16-19(17-7-11-28-21(27)20(17)26)22-29-12-15-33(22)23(30-16)32-13-9-25(10-14-32)8-5-6-18(25)31-35(34)24(2,3)4;1-13-16(14-4-8-25-18(24)17(14)22)19-26-9-12-29(19)20(27-13)28-10-6-21(7-11-28)5-2-3-15(21)23;/h7,11-12,15,18,31H,5-6,8-10,13-14H2,1-4H3;7,11-12,15,18,31H,5-6,8-10,13-14H2,1-4H3,(H2,27,28);4,8-9,12,15H,2-3,5-7,10-11,23H2,1H3,(H2,24,25);1H/t2*18-,35-;15-;/m111./s1. The summed E-state index contributed by atoms with van der Waals surface area (Å²) in [6, 6.07) is 6.34. The van der Waals surface area contributed by atoms with Crippen molar-refractivity contribution in [2.45, 2.75) is 186 Å². The van der Waals surface area contributed by atoms with E-state index in [1.54, 1.807) is 37.1 Å². The smallest absolute Gasteiger partial charge is 0.232 e. The zero-order valence-corrected chi connectivity index (χ0v) is 63.2. The van der Waals surface area contributed by atoms with Crippen molar-refractivity contribution >= 4 is 116 Å². The molecule has 12 heterocycles. The number of imidazole rings is 3. The Bertz CT molecular complexity index is 4330. The molecule has 5 atom stereocenters. The molecule has 3 aliphatic carbocycles. The lowest BCUT2D eigenvalue weighted by Crippen LogP contribution is -2.51. The van der Waals surface area contributed by atoms with E-state index in [9.17, 15) is 12.8 Å². The number of nitrogens with two attached hydrogens (primary N) is 3. The maximum atomic E-state index is 14.1. The van der Waals surface area contributed by atoms with Gasteiger partial charge in [0.1, 0.15) is 33.6 Å². The molecule has 3 aliphatic heterocycles. The van der Waals surface area contributed by atoms with Crippen LogP contribution in [-0.2, 0) is 22.0 Å². The largest absolute Gasteiger partial charge is 0.382 e. The van der Waals surface area contributed by atoms with Gasteiger partial charge in [-0.2, -0.15) is 4.39 Å². The lowest BCUT2D eigenvalue weighted by Gasteiger charge is -2.44. The van der Waals surface area contributed by atoms with Crippen LogP contribution in [0.15, 0.2) is 74.0 Å². The monoisotopic (exact) mass is 1480 g/mol. The van der Waals surface area contributed by atoms with Gasteiger partial charge < -0.3 is 31.9 Å². The van der Waals surface area contributed by atoms with Crippen LogP contribution in [0.5, 0.6) is 0 Å². The van der Waals surface area contributed by atoms with Crippen LogP contribution in [0.25, 0.3) is 50.3 Å². The SMILES string of the molecule is Cc1nc(N2CCC3(CCC[C@H]3N)CC2)n2ccnc2c1-c1ccnc(N)c1Cl.Cc1nc(N2CCC3(CCC[C@H]3N[S@](=O)C(C)(C)C)CC2)n2ccnc2c1-c1ccnc(F)c1Cl.Cc1nc(N2CCC3(CCC[C@H]3N[S@](=O)C(C)(C)C)CC2)n2ccnc2c1-c1ccnc(N)c1Cl.Cl. The highest BCUT2D eigenvalue weighted by molar-refractivity contribution is 7.84. The number of nitrogen functional groups attached to an aromatic ring is 2. The molecule has 100 heavy (non-hydrogen) atoms. The van der Waals surface area contributed by atoms with Crippen molar-refractivity contribution in [1.29, 1.82) is 0 Å². The third-order valence-corrected chi connectivity index (χ3v) is 26.5. The summed E-state index contributed by atoms with van der Waals surface area (Å²) in [6.07, 6.45) is 32.8. The van der Waals surface area contributed by atoms with Crippen molar-refractivity contribution in [1.82, 2.24) is 67.5 Å². The van der Waals surface area contributed by atoms with Gasteiger partial charge in [-0.05, 0) is 174 Å². The molecule has 0 bridgehead atoms. The molecule has 0 aromatic carbocycles. The van der Waals surface area contributed by atoms with Gasteiger partial charge in [-0.3, -0.25) is 13.2 Å². The van der Waals surface area contributed by atoms with Gasteiger partial charge in [-0.15, -0.1) is 12.4 Å². The molecular weight excluding hydrogens is 1390 g/mol. The van der Waals surface area contributed by atoms with Gasteiger partial charge in [-0.25, -0.2) is 62.7 Å². The summed E-state index contributed by atoms with van der Waals surface area (Å²) >= 11 is 19.2. The summed E-state index contributed by atoms with van der Waals surface area (Å²) in [6.45, 7) is 23.5. The number of piperidine rings is 3. The van der Waals surface area contributed by atoms with E-state index < -0.39 is 27.9 Å². The highest BCUT2D eigenvalue weighted by Crippen LogP contribution is 2.51. The molecule has 0 unspecified atom stereocenters.